The summed E-state index contributed by atoms with van der Waals surface area (Å²) in [5, 5.41) is 2.82. The number of nitrogens with zero attached hydrogens (tertiary/aromatic N) is 1. The van der Waals surface area contributed by atoms with E-state index in [0.29, 0.717) is 31.7 Å². The summed E-state index contributed by atoms with van der Waals surface area (Å²) in [4.78, 5) is 26.5. The molecule has 1 saturated heterocycles. The van der Waals surface area contributed by atoms with E-state index < -0.39 is 0 Å². The van der Waals surface area contributed by atoms with Crippen molar-refractivity contribution in [2.24, 2.45) is 11.7 Å². The van der Waals surface area contributed by atoms with Gasteiger partial charge in [0.25, 0.3) is 5.91 Å². The summed E-state index contributed by atoms with van der Waals surface area (Å²) >= 11 is 0. The first-order chi connectivity index (χ1) is 10.5. The average molecular weight is 303 g/mol. The number of carbonyl (C=O) groups is 2. The van der Waals surface area contributed by atoms with Gasteiger partial charge in [0.1, 0.15) is 0 Å². The first-order valence-corrected chi connectivity index (χ1v) is 7.87. The number of hydrogen-bond donors (Lipinski definition) is 2. The molecule has 0 spiro atoms. The molecule has 1 aromatic rings. The summed E-state index contributed by atoms with van der Waals surface area (Å²) in [5.41, 5.74) is 8.39. The van der Waals surface area contributed by atoms with Gasteiger partial charge in [0.2, 0.25) is 5.91 Å². The number of hydrogen-bond acceptors (Lipinski definition) is 3. The van der Waals surface area contributed by atoms with Gasteiger partial charge in [0, 0.05) is 31.7 Å². The lowest BCUT2D eigenvalue weighted by atomic mass is 9.96. The molecule has 0 saturated carbocycles. The van der Waals surface area contributed by atoms with Gasteiger partial charge < -0.3 is 16.0 Å². The summed E-state index contributed by atoms with van der Waals surface area (Å²) in [6, 6.07) is 5.76. The quantitative estimate of drug-likeness (QED) is 0.878. The zero-order valence-corrected chi connectivity index (χ0v) is 13.4. The minimum absolute atomic E-state index is 0.00281. The first kappa shape index (κ1) is 16.5. The van der Waals surface area contributed by atoms with E-state index in [4.69, 9.17) is 5.73 Å². The molecular formula is C17H25N3O2. The van der Waals surface area contributed by atoms with Crippen LogP contribution in [0.25, 0.3) is 0 Å². The molecule has 1 unspecified atom stereocenters. The molecule has 5 heteroatoms. The maximum Gasteiger partial charge on any atom is 0.253 e. The average Bonchev–Trinajstić information content (AvgIpc) is 2.54. The lowest BCUT2D eigenvalue weighted by Gasteiger charge is -2.32. The Balaban J connectivity index is 2.03. The number of benzene rings is 1. The van der Waals surface area contributed by atoms with E-state index in [1.54, 1.807) is 4.90 Å². The molecule has 1 aliphatic rings. The number of nitrogens with two attached hydrogens (primary N) is 1. The molecule has 2 rings (SSSR count). The second-order valence-corrected chi connectivity index (χ2v) is 5.97. The molecule has 1 atom stereocenters. The van der Waals surface area contributed by atoms with Crippen LogP contribution in [0.2, 0.25) is 0 Å². The SMILES string of the molecule is Cc1ccc(C(=O)N2CCCC(C(=O)NCCN)C2)cc1C. The van der Waals surface area contributed by atoms with Gasteiger partial charge in [-0.25, -0.2) is 0 Å². The lowest BCUT2D eigenvalue weighted by Crippen LogP contribution is -2.46. The third-order valence-electron chi connectivity index (χ3n) is 4.28. The monoisotopic (exact) mass is 303 g/mol. The zero-order chi connectivity index (χ0) is 16.1. The fraction of sp³-hybridized carbons (Fsp3) is 0.529. The van der Waals surface area contributed by atoms with Crippen LogP contribution in [-0.2, 0) is 4.79 Å². The van der Waals surface area contributed by atoms with Crippen molar-refractivity contribution in [1.82, 2.24) is 10.2 Å². The maximum atomic E-state index is 12.6. The van der Waals surface area contributed by atoms with Crippen molar-refractivity contribution in [3.8, 4) is 0 Å². The molecular weight excluding hydrogens is 278 g/mol. The van der Waals surface area contributed by atoms with Crippen LogP contribution in [0.1, 0.15) is 34.3 Å². The van der Waals surface area contributed by atoms with Crippen molar-refractivity contribution in [3.63, 3.8) is 0 Å². The van der Waals surface area contributed by atoms with Gasteiger partial charge in [-0.05, 0) is 49.9 Å². The zero-order valence-electron chi connectivity index (χ0n) is 13.4. The van der Waals surface area contributed by atoms with Crippen LogP contribution in [0, 0.1) is 19.8 Å². The smallest absolute Gasteiger partial charge is 0.253 e. The summed E-state index contributed by atoms with van der Waals surface area (Å²) in [5.74, 6) is -0.113. The van der Waals surface area contributed by atoms with E-state index in [1.807, 2.05) is 32.0 Å². The van der Waals surface area contributed by atoms with Crippen LogP contribution in [0.4, 0.5) is 0 Å². The Labute approximate surface area is 131 Å². The number of amides is 2. The van der Waals surface area contributed by atoms with E-state index in [1.165, 1.54) is 5.56 Å². The molecule has 0 bridgehead atoms. The van der Waals surface area contributed by atoms with E-state index in [-0.39, 0.29) is 17.7 Å². The Morgan fingerprint density at radius 2 is 2.09 bits per heavy atom. The number of likely N-dealkylation sites (tertiary alicyclic amines) is 1. The molecule has 1 fully saturated rings. The van der Waals surface area contributed by atoms with E-state index in [0.717, 1.165) is 18.4 Å². The fourth-order valence-corrected chi connectivity index (χ4v) is 2.77. The number of aryl methyl sites for hydroxylation is 2. The number of carbonyl (C=O) groups excluding carboxylic acids is 2. The highest BCUT2D eigenvalue weighted by Crippen LogP contribution is 2.20. The number of nitrogens with one attached hydrogen (secondary N) is 1. The molecule has 22 heavy (non-hydrogen) atoms. The van der Waals surface area contributed by atoms with Crippen LogP contribution >= 0.6 is 0 Å². The van der Waals surface area contributed by atoms with Crippen molar-refractivity contribution in [2.75, 3.05) is 26.2 Å². The Morgan fingerprint density at radius 1 is 1.32 bits per heavy atom. The van der Waals surface area contributed by atoms with Gasteiger partial charge in [-0.1, -0.05) is 6.07 Å². The van der Waals surface area contributed by atoms with Crippen LogP contribution in [0.3, 0.4) is 0 Å². The van der Waals surface area contributed by atoms with Gasteiger partial charge >= 0.3 is 0 Å². The van der Waals surface area contributed by atoms with Crippen LogP contribution < -0.4 is 11.1 Å². The lowest BCUT2D eigenvalue weighted by molar-refractivity contribution is -0.126. The highest BCUT2D eigenvalue weighted by molar-refractivity contribution is 5.95. The minimum Gasteiger partial charge on any atom is -0.355 e. The molecule has 0 aromatic heterocycles. The molecule has 1 heterocycles. The van der Waals surface area contributed by atoms with Crippen molar-refractivity contribution in [1.29, 1.82) is 0 Å². The Kier molecular flexibility index (Phi) is 5.55. The first-order valence-electron chi connectivity index (χ1n) is 7.87. The highest BCUT2D eigenvalue weighted by Gasteiger charge is 2.28. The van der Waals surface area contributed by atoms with Gasteiger partial charge in [-0.2, -0.15) is 0 Å². The molecule has 120 valence electrons. The van der Waals surface area contributed by atoms with Gasteiger partial charge in [0.05, 0.1) is 5.92 Å². The molecule has 3 N–H and O–H groups in total. The second-order valence-electron chi connectivity index (χ2n) is 5.97. The number of rotatable bonds is 4. The van der Waals surface area contributed by atoms with Crippen LogP contribution in [-0.4, -0.2) is 42.9 Å². The normalized spacial score (nSPS) is 18.1. The van der Waals surface area contributed by atoms with Gasteiger partial charge in [0.15, 0.2) is 0 Å². The van der Waals surface area contributed by atoms with Crippen molar-refractivity contribution in [3.05, 3.63) is 34.9 Å². The van der Waals surface area contributed by atoms with Crippen LogP contribution in [0.5, 0.6) is 0 Å². The fourth-order valence-electron chi connectivity index (χ4n) is 2.77. The molecule has 1 aliphatic heterocycles. The predicted octanol–water partition coefficient (Wildman–Crippen LogP) is 1.23. The Morgan fingerprint density at radius 3 is 2.77 bits per heavy atom. The molecule has 2 amide bonds. The van der Waals surface area contributed by atoms with Crippen molar-refractivity contribution < 1.29 is 9.59 Å². The summed E-state index contributed by atoms with van der Waals surface area (Å²) in [7, 11) is 0. The van der Waals surface area contributed by atoms with E-state index in [9.17, 15) is 9.59 Å². The standard InChI is InChI=1S/C17H25N3O2/c1-12-5-6-14(10-13(12)2)17(22)20-9-3-4-15(11-20)16(21)19-8-7-18/h5-6,10,15H,3-4,7-9,11,18H2,1-2H3,(H,19,21). The maximum absolute atomic E-state index is 12.6. The summed E-state index contributed by atoms with van der Waals surface area (Å²) in [6.07, 6.45) is 1.68. The molecule has 0 aliphatic carbocycles. The minimum atomic E-state index is -0.129. The molecule has 1 aromatic carbocycles. The topological polar surface area (TPSA) is 75.4 Å². The highest BCUT2D eigenvalue weighted by atomic mass is 16.2. The predicted molar refractivity (Wildman–Crippen MR) is 86.6 cm³/mol. The van der Waals surface area contributed by atoms with Gasteiger partial charge in [-0.3, -0.25) is 9.59 Å². The van der Waals surface area contributed by atoms with Crippen molar-refractivity contribution >= 4 is 11.8 Å². The molecule has 5 nitrogen and oxygen atoms in total. The Bertz CT molecular complexity index is 557. The molecule has 0 radical (unpaired) electrons. The van der Waals surface area contributed by atoms with E-state index in [2.05, 4.69) is 5.32 Å². The summed E-state index contributed by atoms with van der Waals surface area (Å²) in [6.45, 7) is 6.16. The van der Waals surface area contributed by atoms with Crippen LogP contribution in [0.15, 0.2) is 18.2 Å². The van der Waals surface area contributed by atoms with E-state index >= 15 is 0 Å². The second kappa shape index (κ2) is 7.40. The van der Waals surface area contributed by atoms with Gasteiger partial charge in [-0.15, -0.1) is 0 Å². The third-order valence-corrected chi connectivity index (χ3v) is 4.28. The Hall–Kier alpha value is -1.88. The largest absolute Gasteiger partial charge is 0.355 e. The summed E-state index contributed by atoms with van der Waals surface area (Å²) < 4.78 is 0. The number of piperidine rings is 1. The van der Waals surface area contributed by atoms with Crippen molar-refractivity contribution in [2.45, 2.75) is 26.7 Å². The third kappa shape index (κ3) is 3.85.